The predicted octanol–water partition coefficient (Wildman–Crippen LogP) is 1.71. The van der Waals surface area contributed by atoms with E-state index in [2.05, 4.69) is 4.98 Å². The summed E-state index contributed by atoms with van der Waals surface area (Å²) in [5, 5.41) is 0. The number of benzene rings is 1. The zero-order valence-electron chi connectivity index (χ0n) is 13.7. The standard InChI is InChI=1S/C17H18F2N4O2/c1-12(23-5-4-20-11-23)16(24)21-6-8-22(9-7-21)17(25)14-3-2-13(18)10-15(14)19/h2-5,10-12H,6-9H2,1H3/t12-/m1/s1. The zero-order valence-corrected chi connectivity index (χ0v) is 13.7. The number of amides is 2. The van der Waals surface area contributed by atoms with Gasteiger partial charge in [-0.25, -0.2) is 13.8 Å². The van der Waals surface area contributed by atoms with Gasteiger partial charge >= 0.3 is 0 Å². The number of carbonyl (C=O) groups is 2. The van der Waals surface area contributed by atoms with Gasteiger partial charge in [0.25, 0.3) is 5.91 Å². The monoisotopic (exact) mass is 348 g/mol. The summed E-state index contributed by atoms with van der Waals surface area (Å²) in [6, 6.07) is 2.52. The Morgan fingerprint density at radius 1 is 1.12 bits per heavy atom. The van der Waals surface area contributed by atoms with Crippen LogP contribution >= 0.6 is 0 Å². The summed E-state index contributed by atoms with van der Waals surface area (Å²) in [4.78, 5) is 32.0. The number of halogens is 2. The summed E-state index contributed by atoms with van der Waals surface area (Å²) >= 11 is 0. The van der Waals surface area contributed by atoms with Gasteiger partial charge in [0.1, 0.15) is 17.7 Å². The molecule has 2 amide bonds. The fourth-order valence-electron chi connectivity index (χ4n) is 2.85. The van der Waals surface area contributed by atoms with E-state index in [9.17, 15) is 18.4 Å². The third-order valence-electron chi connectivity index (χ3n) is 4.37. The summed E-state index contributed by atoms with van der Waals surface area (Å²) in [5.41, 5.74) is -0.159. The Labute approximate surface area is 143 Å². The average Bonchev–Trinajstić information content (AvgIpc) is 3.15. The molecule has 3 rings (SSSR count). The van der Waals surface area contributed by atoms with Crippen molar-refractivity contribution < 1.29 is 18.4 Å². The van der Waals surface area contributed by atoms with Gasteiger partial charge in [0.2, 0.25) is 5.91 Å². The number of rotatable bonds is 3. The minimum atomic E-state index is -0.878. The highest BCUT2D eigenvalue weighted by molar-refractivity contribution is 5.94. The minimum Gasteiger partial charge on any atom is -0.337 e. The number of hydrogen-bond donors (Lipinski definition) is 0. The summed E-state index contributed by atoms with van der Waals surface area (Å²) in [6.45, 7) is 3.13. The van der Waals surface area contributed by atoms with Gasteiger partial charge in [-0.05, 0) is 19.1 Å². The highest BCUT2D eigenvalue weighted by Gasteiger charge is 2.28. The predicted molar refractivity (Wildman–Crippen MR) is 85.8 cm³/mol. The number of imidazole rings is 1. The van der Waals surface area contributed by atoms with Gasteiger partial charge < -0.3 is 14.4 Å². The number of aromatic nitrogens is 2. The Kier molecular flexibility index (Phi) is 4.78. The zero-order chi connectivity index (χ0) is 18.0. The molecule has 1 aliphatic heterocycles. The number of nitrogens with zero attached hydrogens (tertiary/aromatic N) is 4. The molecule has 1 saturated heterocycles. The van der Waals surface area contributed by atoms with E-state index in [1.807, 2.05) is 0 Å². The van der Waals surface area contributed by atoms with E-state index in [-0.39, 0.29) is 17.5 Å². The van der Waals surface area contributed by atoms with Crippen molar-refractivity contribution in [2.45, 2.75) is 13.0 Å². The van der Waals surface area contributed by atoms with Gasteiger partial charge in [-0.2, -0.15) is 0 Å². The van der Waals surface area contributed by atoms with Crippen molar-refractivity contribution in [3.8, 4) is 0 Å². The molecule has 6 nitrogen and oxygen atoms in total. The van der Waals surface area contributed by atoms with Crippen molar-refractivity contribution in [3.63, 3.8) is 0 Å². The summed E-state index contributed by atoms with van der Waals surface area (Å²) in [7, 11) is 0. The van der Waals surface area contributed by atoms with Crippen LogP contribution < -0.4 is 0 Å². The van der Waals surface area contributed by atoms with Crippen molar-refractivity contribution in [2.75, 3.05) is 26.2 Å². The first-order valence-electron chi connectivity index (χ1n) is 7.98. The van der Waals surface area contributed by atoms with Gasteiger partial charge in [-0.15, -0.1) is 0 Å². The molecule has 1 aliphatic rings. The van der Waals surface area contributed by atoms with Crippen LogP contribution in [0.15, 0.2) is 36.9 Å². The molecule has 0 radical (unpaired) electrons. The van der Waals surface area contributed by atoms with Gasteiger partial charge in [0.05, 0.1) is 11.9 Å². The lowest BCUT2D eigenvalue weighted by Crippen LogP contribution is -2.52. The van der Waals surface area contributed by atoms with Gasteiger partial charge in [-0.1, -0.05) is 0 Å². The molecule has 2 heterocycles. The molecule has 1 fully saturated rings. The van der Waals surface area contributed by atoms with Gasteiger partial charge in [-0.3, -0.25) is 9.59 Å². The highest BCUT2D eigenvalue weighted by atomic mass is 19.1. The van der Waals surface area contributed by atoms with Crippen LogP contribution in [0.2, 0.25) is 0 Å². The molecule has 0 saturated carbocycles. The van der Waals surface area contributed by atoms with E-state index >= 15 is 0 Å². The SMILES string of the molecule is C[C@H](C(=O)N1CCN(C(=O)c2ccc(F)cc2F)CC1)n1ccnc1. The largest absolute Gasteiger partial charge is 0.337 e. The van der Waals surface area contributed by atoms with Crippen LogP contribution in [-0.4, -0.2) is 57.3 Å². The first kappa shape index (κ1) is 17.1. The minimum absolute atomic E-state index is 0.0574. The van der Waals surface area contributed by atoms with Gasteiger partial charge in [0, 0.05) is 44.6 Å². The van der Waals surface area contributed by atoms with Crippen molar-refractivity contribution >= 4 is 11.8 Å². The Hall–Kier alpha value is -2.77. The second kappa shape index (κ2) is 7.00. The lowest BCUT2D eigenvalue weighted by atomic mass is 10.1. The molecule has 132 valence electrons. The maximum Gasteiger partial charge on any atom is 0.256 e. The molecule has 25 heavy (non-hydrogen) atoms. The van der Waals surface area contributed by atoms with Crippen molar-refractivity contribution in [3.05, 3.63) is 54.1 Å². The molecular weight excluding hydrogens is 330 g/mol. The van der Waals surface area contributed by atoms with Crippen LogP contribution in [0.25, 0.3) is 0 Å². The van der Waals surface area contributed by atoms with E-state index in [4.69, 9.17) is 0 Å². The van der Waals surface area contributed by atoms with E-state index < -0.39 is 17.5 Å². The van der Waals surface area contributed by atoms with Crippen LogP contribution in [0.4, 0.5) is 8.78 Å². The Bertz CT molecular complexity index is 771. The first-order valence-corrected chi connectivity index (χ1v) is 7.98. The van der Waals surface area contributed by atoms with Crippen LogP contribution in [-0.2, 0) is 4.79 Å². The van der Waals surface area contributed by atoms with Gasteiger partial charge in [0.15, 0.2) is 0 Å². The van der Waals surface area contributed by atoms with E-state index in [1.54, 1.807) is 35.1 Å². The van der Waals surface area contributed by atoms with Crippen LogP contribution in [0.5, 0.6) is 0 Å². The normalized spacial score (nSPS) is 16.0. The van der Waals surface area contributed by atoms with Crippen molar-refractivity contribution in [2.24, 2.45) is 0 Å². The van der Waals surface area contributed by atoms with E-state index in [0.717, 1.165) is 12.1 Å². The Morgan fingerprint density at radius 2 is 1.80 bits per heavy atom. The Morgan fingerprint density at radius 3 is 2.40 bits per heavy atom. The molecule has 2 aromatic rings. The molecule has 8 heteroatoms. The molecule has 0 N–H and O–H groups in total. The summed E-state index contributed by atoms with van der Waals surface area (Å²) in [5.74, 6) is -2.15. The molecular formula is C17H18F2N4O2. The molecule has 0 unspecified atom stereocenters. The van der Waals surface area contributed by atoms with Crippen molar-refractivity contribution in [1.82, 2.24) is 19.4 Å². The fraction of sp³-hybridized carbons (Fsp3) is 0.353. The second-order valence-electron chi connectivity index (χ2n) is 5.93. The number of carbonyl (C=O) groups excluding carboxylic acids is 2. The lowest BCUT2D eigenvalue weighted by molar-refractivity contribution is -0.135. The highest BCUT2D eigenvalue weighted by Crippen LogP contribution is 2.16. The summed E-state index contributed by atoms with van der Waals surface area (Å²) < 4.78 is 28.4. The molecule has 1 atom stereocenters. The maximum atomic E-state index is 13.8. The average molecular weight is 348 g/mol. The third kappa shape index (κ3) is 3.52. The quantitative estimate of drug-likeness (QED) is 0.848. The van der Waals surface area contributed by atoms with Crippen LogP contribution in [0.3, 0.4) is 0 Å². The molecule has 1 aromatic carbocycles. The molecule has 0 spiro atoms. The fourth-order valence-corrected chi connectivity index (χ4v) is 2.85. The Balaban J connectivity index is 1.61. The molecule has 1 aromatic heterocycles. The lowest BCUT2D eigenvalue weighted by Gasteiger charge is -2.36. The molecule has 0 bridgehead atoms. The third-order valence-corrected chi connectivity index (χ3v) is 4.37. The number of hydrogen-bond acceptors (Lipinski definition) is 3. The number of piperazine rings is 1. The van der Waals surface area contributed by atoms with Crippen molar-refractivity contribution in [1.29, 1.82) is 0 Å². The van der Waals surface area contributed by atoms with Crippen LogP contribution in [0, 0.1) is 11.6 Å². The summed E-state index contributed by atoms with van der Waals surface area (Å²) in [6.07, 6.45) is 4.91. The van der Waals surface area contributed by atoms with E-state index in [1.165, 1.54) is 4.90 Å². The second-order valence-corrected chi connectivity index (χ2v) is 5.93. The molecule has 0 aliphatic carbocycles. The first-order chi connectivity index (χ1) is 12.0. The topological polar surface area (TPSA) is 58.4 Å². The van der Waals surface area contributed by atoms with Crippen LogP contribution in [0.1, 0.15) is 23.3 Å². The van der Waals surface area contributed by atoms with E-state index in [0.29, 0.717) is 32.2 Å². The maximum absolute atomic E-state index is 13.8. The smallest absolute Gasteiger partial charge is 0.256 e.